The lowest BCUT2D eigenvalue weighted by atomic mass is 9.80. The Kier molecular flexibility index (Phi) is 7.16. The summed E-state index contributed by atoms with van der Waals surface area (Å²) in [6.45, 7) is 5.52. The van der Waals surface area contributed by atoms with Crippen LogP contribution in [0.25, 0.3) is 0 Å². The van der Waals surface area contributed by atoms with E-state index < -0.39 is 32.9 Å². The Morgan fingerprint density at radius 2 is 1.82 bits per heavy atom. The first-order chi connectivity index (χ1) is 13.1. The van der Waals surface area contributed by atoms with Gasteiger partial charge in [0.1, 0.15) is 11.4 Å². The van der Waals surface area contributed by atoms with Crippen LogP contribution >= 0.6 is 0 Å². The number of hydrogen-bond acceptors (Lipinski definition) is 4. The molecule has 0 heterocycles. The zero-order valence-electron chi connectivity index (χ0n) is 16.5. The maximum absolute atomic E-state index is 14.3. The van der Waals surface area contributed by atoms with Crippen molar-refractivity contribution < 1.29 is 22.4 Å². The van der Waals surface area contributed by atoms with Gasteiger partial charge in [-0.05, 0) is 51.8 Å². The summed E-state index contributed by atoms with van der Waals surface area (Å²) < 4.78 is 41.4. The van der Waals surface area contributed by atoms with Crippen molar-refractivity contribution >= 4 is 21.8 Å². The lowest BCUT2D eigenvalue weighted by Crippen LogP contribution is -2.59. The van der Waals surface area contributed by atoms with Gasteiger partial charge in [0.25, 0.3) is 5.91 Å². The van der Waals surface area contributed by atoms with Crippen molar-refractivity contribution in [2.24, 2.45) is 0 Å². The number of carbonyl (C=O) groups is 2. The van der Waals surface area contributed by atoms with E-state index in [9.17, 15) is 22.4 Å². The minimum Gasteiger partial charge on any atom is -0.354 e. The molecule has 2 rings (SSSR count). The molecule has 0 aromatic heterocycles. The minimum absolute atomic E-state index is 0.205. The fourth-order valence-corrected chi connectivity index (χ4v) is 4.68. The molecule has 0 bridgehead atoms. The first-order valence-corrected chi connectivity index (χ1v) is 11.0. The molecule has 1 aliphatic carbocycles. The zero-order valence-corrected chi connectivity index (χ0v) is 17.3. The van der Waals surface area contributed by atoms with E-state index in [-0.39, 0.29) is 16.8 Å². The monoisotopic (exact) mass is 413 g/mol. The number of likely N-dealkylation sites (N-methyl/N-ethyl adjacent to an activating group) is 1. The second-order valence-electron chi connectivity index (χ2n) is 7.37. The molecule has 1 aliphatic rings. The Hall–Kier alpha value is -2.00. The molecule has 0 atom stereocenters. The Morgan fingerprint density at radius 1 is 1.18 bits per heavy atom. The Bertz CT molecular complexity index is 834. The highest BCUT2D eigenvalue weighted by Gasteiger charge is 2.41. The molecule has 1 saturated carbocycles. The van der Waals surface area contributed by atoms with Gasteiger partial charge in [0, 0.05) is 12.6 Å². The Morgan fingerprint density at radius 3 is 2.39 bits per heavy atom. The van der Waals surface area contributed by atoms with Crippen molar-refractivity contribution in [3.63, 3.8) is 0 Å². The average Bonchev–Trinajstić information content (AvgIpc) is 2.61. The molecule has 1 aromatic carbocycles. The molecule has 2 amide bonds. The molecule has 7 nitrogen and oxygen atoms in total. The summed E-state index contributed by atoms with van der Waals surface area (Å²) in [5, 5.41) is 5.42. The van der Waals surface area contributed by atoms with Gasteiger partial charge in [-0.3, -0.25) is 9.59 Å². The number of carbonyl (C=O) groups excluding carboxylic acids is 2. The fourth-order valence-electron chi connectivity index (χ4n) is 3.40. The van der Waals surface area contributed by atoms with Crippen molar-refractivity contribution in [3.05, 3.63) is 29.6 Å². The summed E-state index contributed by atoms with van der Waals surface area (Å²) in [7, 11) is -3.88. The van der Waals surface area contributed by atoms with E-state index in [4.69, 9.17) is 0 Å². The normalized spacial score (nSPS) is 16.6. The molecule has 0 saturated heterocycles. The number of rotatable bonds is 7. The van der Waals surface area contributed by atoms with Gasteiger partial charge >= 0.3 is 0 Å². The first kappa shape index (κ1) is 22.3. The Balaban J connectivity index is 2.34. The molecular formula is C19H28FN3O4S. The van der Waals surface area contributed by atoms with Gasteiger partial charge in [-0.25, -0.2) is 17.5 Å². The summed E-state index contributed by atoms with van der Waals surface area (Å²) in [5.41, 5.74) is -1.51. The highest BCUT2D eigenvalue weighted by Crippen LogP contribution is 2.29. The molecule has 0 aliphatic heterocycles. The van der Waals surface area contributed by atoms with Gasteiger partial charge in [-0.15, -0.1) is 0 Å². The maximum Gasteiger partial charge on any atom is 0.255 e. The van der Waals surface area contributed by atoms with Crippen LogP contribution in [0.4, 0.5) is 4.39 Å². The third-order valence-corrected chi connectivity index (χ3v) is 6.37. The predicted octanol–water partition coefficient (Wildman–Crippen LogP) is 2.08. The summed E-state index contributed by atoms with van der Waals surface area (Å²) in [5.74, 6) is -1.94. The van der Waals surface area contributed by atoms with Crippen LogP contribution < -0.4 is 15.4 Å². The van der Waals surface area contributed by atoms with Crippen LogP contribution in [-0.2, 0) is 14.8 Å². The second-order valence-corrected chi connectivity index (χ2v) is 9.09. The van der Waals surface area contributed by atoms with Crippen molar-refractivity contribution in [3.8, 4) is 0 Å². The van der Waals surface area contributed by atoms with E-state index in [0.717, 1.165) is 37.5 Å². The average molecular weight is 414 g/mol. The van der Waals surface area contributed by atoms with Crippen LogP contribution in [0.1, 0.15) is 63.2 Å². The Labute approximate surface area is 165 Å². The molecule has 1 fully saturated rings. The van der Waals surface area contributed by atoms with Crippen molar-refractivity contribution in [1.29, 1.82) is 0 Å². The third kappa shape index (κ3) is 5.08. The fraction of sp³-hybridized carbons (Fsp3) is 0.579. The third-order valence-electron chi connectivity index (χ3n) is 4.72. The molecule has 1 aromatic rings. The summed E-state index contributed by atoms with van der Waals surface area (Å²) >= 11 is 0. The zero-order chi connectivity index (χ0) is 20.9. The molecule has 28 heavy (non-hydrogen) atoms. The molecule has 0 radical (unpaired) electrons. The van der Waals surface area contributed by atoms with Gasteiger partial charge < -0.3 is 10.6 Å². The smallest absolute Gasteiger partial charge is 0.255 e. The van der Waals surface area contributed by atoms with E-state index in [1.165, 1.54) is 0 Å². The highest BCUT2D eigenvalue weighted by molar-refractivity contribution is 7.89. The molecule has 9 heteroatoms. The molecule has 0 unspecified atom stereocenters. The van der Waals surface area contributed by atoms with Gasteiger partial charge in [0.05, 0.1) is 10.5 Å². The first-order valence-electron chi connectivity index (χ1n) is 9.54. The summed E-state index contributed by atoms with van der Waals surface area (Å²) in [6.07, 6.45) is 3.41. The van der Waals surface area contributed by atoms with E-state index >= 15 is 0 Å². The van der Waals surface area contributed by atoms with E-state index in [0.29, 0.717) is 19.4 Å². The number of halogens is 1. The number of sulfonamides is 1. The number of hydrogen-bond donors (Lipinski definition) is 3. The largest absolute Gasteiger partial charge is 0.354 e. The van der Waals surface area contributed by atoms with Crippen LogP contribution in [0.15, 0.2) is 23.1 Å². The van der Waals surface area contributed by atoms with E-state index in [1.807, 2.05) is 0 Å². The second kappa shape index (κ2) is 9.00. The lowest BCUT2D eigenvalue weighted by molar-refractivity contribution is -0.128. The quantitative estimate of drug-likeness (QED) is 0.637. The minimum atomic E-state index is -3.88. The van der Waals surface area contributed by atoms with Crippen molar-refractivity contribution in [1.82, 2.24) is 15.4 Å². The highest BCUT2D eigenvalue weighted by atomic mass is 32.2. The topological polar surface area (TPSA) is 104 Å². The van der Waals surface area contributed by atoms with E-state index in [2.05, 4.69) is 15.4 Å². The van der Waals surface area contributed by atoms with E-state index in [1.54, 1.807) is 20.8 Å². The SMILES string of the molecule is CCNC(=O)C1(NC(=O)c2cc(S(=O)(=O)NC(C)C)ccc2F)CCCCC1. The number of amides is 2. The lowest BCUT2D eigenvalue weighted by Gasteiger charge is -2.36. The van der Waals surface area contributed by atoms with Crippen molar-refractivity contribution in [2.75, 3.05) is 6.54 Å². The predicted molar refractivity (Wildman–Crippen MR) is 104 cm³/mol. The summed E-state index contributed by atoms with van der Waals surface area (Å²) in [4.78, 5) is 25.2. The molecular weight excluding hydrogens is 385 g/mol. The molecule has 3 N–H and O–H groups in total. The number of benzene rings is 1. The van der Waals surface area contributed by atoms with Crippen LogP contribution in [-0.4, -0.2) is 38.4 Å². The summed E-state index contributed by atoms with van der Waals surface area (Å²) in [6, 6.07) is 2.71. The van der Waals surface area contributed by atoms with Crippen LogP contribution in [0.2, 0.25) is 0 Å². The maximum atomic E-state index is 14.3. The van der Waals surface area contributed by atoms with Gasteiger partial charge in [0.15, 0.2) is 0 Å². The van der Waals surface area contributed by atoms with Crippen LogP contribution in [0.3, 0.4) is 0 Å². The van der Waals surface area contributed by atoms with Gasteiger partial charge in [-0.2, -0.15) is 0 Å². The molecule has 156 valence electrons. The van der Waals surface area contributed by atoms with Crippen LogP contribution in [0, 0.1) is 5.82 Å². The van der Waals surface area contributed by atoms with Crippen molar-refractivity contribution in [2.45, 2.75) is 69.4 Å². The van der Waals surface area contributed by atoms with Gasteiger partial charge in [0.2, 0.25) is 15.9 Å². The standard InChI is InChI=1S/C19H28FN3O4S/c1-4-21-18(25)19(10-6-5-7-11-19)22-17(24)15-12-14(8-9-16(15)20)28(26,27)23-13(2)3/h8-9,12-13,23H,4-7,10-11H2,1-3H3,(H,21,25)(H,22,24). The molecule has 0 spiro atoms. The van der Waals surface area contributed by atoms with Crippen LogP contribution in [0.5, 0.6) is 0 Å². The number of nitrogens with one attached hydrogen (secondary N) is 3. The van der Waals surface area contributed by atoms with Gasteiger partial charge in [-0.1, -0.05) is 19.3 Å².